The van der Waals surface area contributed by atoms with Gasteiger partial charge in [0.15, 0.2) is 0 Å². The highest BCUT2D eigenvalue weighted by Gasteiger charge is 2.57. The number of alkyl halides is 2. The van der Waals surface area contributed by atoms with Crippen molar-refractivity contribution in [3.05, 3.63) is 29.8 Å². The molecule has 2 aliphatic rings. The maximum absolute atomic E-state index is 14.2. The highest BCUT2D eigenvalue weighted by molar-refractivity contribution is 7.89. The number of nitrogens with zero attached hydrogens (tertiary/aromatic N) is 1. The first-order valence-corrected chi connectivity index (χ1v) is 8.82. The lowest BCUT2D eigenvalue weighted by atomic mass is 9.78. The Labute approximate surface area is 133 Å². The summed E-state index contributed by atoms with van der Waals surface area (Å²) >= 11 is 0. The fourth-order valence-electron chi connectivity index (χ4n) is 3.39. The Balaban J connectivity index is 2.00. The van der Waals surface area contributed by atoms with Crippen molar-refractivity contribution >= 4 is 15.9 Å². The molecule has 8 heteroatoms. The van der Waals surface area contributed by atoms with E-state index in [4.69, 9.17) is 0 Å². The van der Waals surface area contributed by atoms with Crippen LogP contribution in [0.5, 0.6) is 0 Å². The Morgan fingerprint density at radius 1 is 1.26 bits per heavy atom. The van der Waals surface area contributed by atoms with Crippen molar-refractivity contribution in [3.63, 3.8) is 0 Å². The summed E-state index contributed by atoms with van der Waals surface area (Å²) in [6.45, 7) is 0.936. The summed E-state index contributed by atoms with van der Waals surface area (Å²) in [7, 11) is -4.07. The van der Waals surface area contributed by atoms with Crippen LogP contribution in [0.25, 0.3) is 0 Å². The van der Waals surface area contributed by atoms with Gasteiger partial charge in [0, 0.05) is 19.5 Å². The van der Waals surface area contributed by atoms with E-state index in [1.54, 1.807) is 19.1 Å². The quantitative estimate of drug-likeness (QED) is 0.885. The van der Waals surface area contributed by atoms with Gasteiger partial charge in [-0.15, -0.1) is 0 Å². The van der Waals surface area contributed by atoms with Crippen LogP contribution >= 0.6 is 0 Å². The van der Waals surface area contributed by atoms with Gasteiger partial charge in [-0.3, -0.25) is 4.79 Å². The van der Waals surface area contributed by atoms with E-state index in [-0.39, 0.29) is 17.9 Å². The lowest BCUT2D eigenvalue weighted by molar-refractivity contribution is -0.142. The van der Waals surface area contributed by atoms with Crippen LogP contribution in [0.4, 0.5) is 8.78 Å². The number of amides is 1. The highest BCUT2D eigenvalue weighted by Crippen LogP contribution is 2.44. The summed E-state index contributed by atoms with van der Waals surface area (Å²) in [6, 6.07) is 6.14. The first-order valence-electron chi connectivity index (χ1n) is 7.38. The van der Waals surface area contributed by atoms with Crippen LogP contribution < -0.4 is 5.32 Å². The van der Waals surface area contributed by atoms with Gasteiger partial charge < -0.3 is 5.32 Å². The van der Waals surface area contributed by atoms with Crippen LogP contribution in [0.15, 0.2) is 29.2 Å². The van der Waals surface area contributed by atoms with Crippen molar-refractivity contribution in [2.45, 2.75) is 30.6 Å². The van der Waals surface area contributed by atoms with Gasteiger partial charge in [0.1, 0.15) is 0 Å². The number of sulfonamides is 1. The molecule has 2 aliphatic heterocycles. The van der Waals surface area contributed by atoms with Gasteiger partial charge in [0.2, 0.25) is 15.9 Å². The molecule has 0 aromatic heterocycles. The fourth-order valence-corrected chi connectivity index (χ4v) is 5.05. The molecular weight excluding hydrogens is 326 g/mol. The molecule has 23 heavy (non-hydrogen) atoms. The van der Waals surface area contributed by atoms with Crippen molar-refractivity contribution in [2.75, 3.05) is 19.6 Å². The second kappa shape index (κ2) is 5.24. The summed E-state index contributed by atoms with van der Waals surface area (Å²) < 4.78 is 54.6. The molecule has 0 unspecified atom stereocenters. The third-order valence-electron chi connectivity index (χ3n) is 4.48. The molecule has 0 bridgehead atoms. The third-order valence-corrected chi connectivity index (χ3v) is 6.27. The van der Waals surface area contributed by atoms with E-state index >= 15 is 0 Å². The van der Waals surface area contributed by atoms with E-state index in [9.17, 15) is 22.0 Å². The number of nitrogens with one attached hydrogen (secondary N) is 1. The van der Waals surface area contributed by atoms with E-state index in [1.165, 1.54) is 12.1 Å². The number of aryl methyl sites for hydroxylation is 1. The molecule has 1 aromatic carbocycles. The number of halogens is 2. The monoisotopic (exact) mass is 344 g/mol. The number of rotatable bonds is 2. The number of carbonyl (C=O) groups is 1. The predicted octanol–water partition coefficient (Wildman–Crippen LogP) is 1.53. The number of carbonyl (C=O) groups excluding carboxylic acids is 1. The van der Waals surface area contributed by atoms with Gasteiger partial charge in [-0.1, -0.05) is 12.1 Å². The standard InChI is InChI=1S/C15H18F2N2O3S/c1-11-3-2-4-12(7-11)23(21,22)19-9-14(5-6-18-13(14)20)8-15(16,17)10-19/h2-4,7H,5-6,8-10H2,1H3,(H,18,20)/t14-/m0/s1. The molecule has 0 saturated carbocycles. The molecule has 1 aromatic rings. The molecule has 126 valence electrons. The van der Waals surface area contributed by atoms with Gasteiger partial charge in [-0.25, -0.2) is 17.2 Å². The minimum absolute atomic E-state index is 0.0243. The average molecular weight is 344 g/mol. The highest BCUT2D eigenvalue weighted by atomic mass is 32.2. The molecule has 3 rings (SSSR count). The minimum Gasteiger partial charge on any atom is -0.356 e. The zero-order valence-corrected chi connectivity index (χ0v) is 13.5. The minimum atomic E-state index is -4.07. The summed E-state index contributed by atoms with van der Waals surface area (Å²) in [5.74, 6) is -3.71. The maximum Gasteiger partial charge on any atom is 0.262 e. The van der Waals surface area contributed by atoms with Gasteiger partial charge in [0.25, 0.3) is 5.92 Å². The molecule has 5 nitrogen and oxygen atoms in total. The largest absolute Gasteiger partial charge is 0.356 e. The fraction of sp³-hybridized carbons (Fsp3) is 0.533. The van der Waals surface area contributed by atoms with Crippen molar-refractivity contribution in [1.29, 1.82) is 0 Å². The van der Waals surface area contributed by atoms with E-state index in [0.29, 0.717) is 6.54 Å². The first-order chi connectivity index (χ1) is 10.6. The summed E-state index contributed by atoms with van der Waals surface area (Å²) in [4.78, 5) is 12.0. The molecule has 1 spiro atoms. The molecule has 2 saturated heterocycles. The Kier molecular flexibility index (Phi) is 3.72. The van der Waals surface area contributed by atoms with Crippen LogP contribution in [0.1, 0.15) is 18.4 Å². The van der Waals surface area contributed by atoms with Crippen molar-refractivity contribution in [3.8, 4) is 0 Å². The normalized spacial score (nSPS) is 28.0. The van der Waals surface area contributed by atoms with Gasteiger partial charge >= 0.3 is 0 Å². The smallest absolute Gasteiger partial charge is 0.262 e. The predicted molar refractivity (Wildman–Crippen MR) is 79.6 cm³/mol. The molecule has 2 heterocycles. The molecular formula is C15H18F2N2O3S. The molecule has 1 atom stereocenters. The zero-order valence-electron chi connectivity index (χ0n) is 12.7. The lowest BCUT2D eigenvalue weighted by Gasteiger charge is -2.41. The van der Waals surface area contributed by atoms with Crippen LogP contribution in [0.3, 0.4) is 0 Å². The summed E-state index contributed by atoms with van der Waals surface area (Å²) in [6.07, 6.45) is -0.382. The van der Waals surface area contributed by atoms with E-state index < -0.39 is 40.2 Å². The van der Waals surface area contributed by atoms with Crippen LogP contribution in [0.2, 0.25) is 0 Å². The average Bonchev–Trinajstić information content (AvgIpc) is 2.77. The molecule has 1 N–H and O–H groups in total. The lowest BCUT2D eigenvalue weighted by Crippen LogP contribution is -2.56. The van der Waals surface area contributed by atoms with E-state index in [1.807, 2.05) is 0 Å². The van der Waals surface area contributed by atoms with Crippen LogP contribution in [-0.4, -0.2) is 44.2 Å². The zero-order chi connectivity index (χ0) is 16.9. The molecule has 0 radical (unpaired) electrons. The topological polar surface area (TPSA) is 66.5 Å². The maximum atomic E-state index is 14.2. The second-order valence-electron chi connectivity index (χ2n) is 6.41. The van der Waals surface area contributed by atoms with Gasteiger partial charge in [0.05, 0.1) is 16.9 Å². The van der Waals surface area contributed by atoms with Crippen molar-refractivity contribution < 1.29 is 22.0 Å². The Morgan fingerprint density at radius 3 is 2.61 bits per heavy atom. The SMILES string of the molecule is Cc1cccc(S(=O)(=O)N2CC(F)(F)C[C@@]3(CCNC3=O)C2)c1. The van der Waals surface area contributed by atoms with Crippen molar-refractivity contribution in [2.24, 2.45) is 5.41 Å². The second-order valence-corrected chi connectivity index (χ2v) is 8.35. The van der Waals surface area contributed by atoms with E-state index in [2.05, 4.69) is 5.32 Å². The van der Waals surface area contributed by atoms with Gasteiger partial charge in [-0.05, 0) is 31.0 Å². The first kappa shape index (κ1) is 16.3. The number of benzene rings is 1. The van der Waals surface area contributed by atoms with Crippen LogP contribution in [0, 0.1) is 12.3 Å². The van der Waals surface area contributed by atoms with E-state index in [0.717, 1.165) is 9.87 Å². The molecule has 2 fully saturated rings. The third kappa shape index (κ3) is 2.85. The Hall–Kier alpha value is -1.54. The Morgan fingerprint density at radius 2 is 2.00 bits per heavy atom. The van der Waals surface area contributed by atoms with Gasteiger partial charge in [-0.2, -0.15) is 4.31 Å². The molecule has 1 amide bonds. The summed E-state index contributed by atoms with van der Waals surface area (Å²) in [5.41, 5.74) is -0.610. The molecule has 0 aliphatic carbocycles. The number of hydrogen-bond acceptors (Lipinski definition) is 3. The van der Waals surface area contributed by atoms with Crippen molar-refractivity contribution in [1.82, 2.24) is 9.62 Å². The number of piperidine rings is 1. The number of hydrogen-bond donors (Lipinski definition) is 1. The Bertz CT molecular complexity index is 751. The summed E-state index contributed by atoms with van der Waals surface area (Å²) in [5, 5.41) is 2.54. The van der Waals surface area contributed by atoms with Crippen LogP contribution in [-0.2, 0) is 14.8 Å².